The van der Waals surface area contributed by atoms with Crippen LogP contribution in [0.1, 0.15) is 36.2 Å². The third-order valence-electron chi connectivity index (χ3n) is 7.42. The predicted octanol–water partition coefficient (Wildman–Crippen LogP) is 5.63. The Hall–Kier alpha value is -4.92. The number of carbonyl (C=O) groups is 2. The van der Waals surface area contributed by atoms with Crippen LogP contribution < -0.4 is 10.6 Å². The number of nitrogens with zero attached hydrogens (tertiary/aromatic N) is 3. The van der Waals surface area contributed by atoms with Crippen LogP contribution in [0, 0.1) is 0 Å². The second-order valence-electron chi connectivity index (χ2n) is 10.3. The van der Waals surface area contributed by atoms with E-state index in [1.807, 2.05) is 85.1 Å². The van der Waals surface area contributed by atoms with Crippen molar-refractivity contribution in [1.29, 1.82) is 0 Å². The van der Waals surface area contributed by atoms with E-state index in [1.54, 1.807) is 0 Å². The molecule has 6 rings (SSSR count). The predicted molar refractivity (Wildman–Crippen MR) is 157 cm³/mol. The van der Waals surface area contributed by atoms with Crippen molar-refractivity contribution in [3.63, 3.8) is 0 Å². The number of benzene rings is 3. The number of aromatic amines is 1. The van der Waals surface area contributed by atoms with E-state index in [2.05, 4.69) is 30.4 Å². The molecular formula is C32H32N6O3. The van der Waals surface area contributed by atoms with Crippen molar-refractivity contribution in [2.75, 3.05) is 5.32 Å². The lowest BCUT2D eigenvalue weighted by Crippen LogP contribution is -2.45. The van der Waals surface area contributed by atoms with Crippen LogP contribution in [-0.4, -0.2) is 37.8 Å². The minimum atomic E-state index is -0.870. The van der Waals surface area contributed by atoms with Gasteiger partial charge in [0, 0.05) is 47.7 Å². The van der Waals surface area contributed by atoms with Crippen LogP contribution in [0.15, 0.2) is 85.1 Å². The molecular weight excluding hydrogens is 516 g/mol. The summed E-state index contributed by atoms with van der Waals surface area (Å²) in [5, 5.41) is 15.6. The average molecular weight is 549 g/mol. The summed E-state index contributed by atoms with van der Waals surface area (Å²) in [5.41, 5.74) is 4.25. The largest absolute Gasteiger partial charge is 0.445 e. The van der Waals surface area contributed by atoms with Crippen LogP contribution in [0.25, 0.3) is 22.3 Å². The standard InChI is InChI=1S/C32H32N6O3/c39-31(34-25-13-9-12-23(18-25)30-37-36-29-16-5-2-8-17-38(29)30)28(19-24-20-33-27-15-7-6-14-26(24)27)35-32(40)41-21-22-10-3-1-4-11-22/h1,3-4,6-7,9-15,18,20,28,33H,2,5,8,16-17,19,21H2,(H,34,39)(H,35,40). The summed E-state index contributed by atoms with van der Waals surface area (Å²) >= 11 is 0. The van der Waals surface area contributed by atoms with Gasteiger partial charge < -0.3 is 24.9 Å². The molecule has 3 aromatic carbocycles. The highest BCUT2D eigenvalue weighted by Gasteiger charge is 2.24. The highest BCUT2D eigenvalue weighted by atomic mass is 16.5. The third-order valence-corrected chi connectivity index (χ3v) is 7.42. The number of H-pyrrole nitrogens is 1. The zero-order valence-electron chi connectivity index (χ0n) is 22.7. The number of hydrogen-bond donors (Lipinski definition) is 3. The molecule has 3 N–H and O–H groups in total. The van der Waals surface area contributed by atoms with Gasteiger partial charge in [-0.25, -0.2) is 4.79 Å². The maximum absolute atomic E-state index is 13.6. The van der Waals surface area contributed by atoms with Crippen molar-refractivity contribution >= 4 is 28.6 Å². The SMILES string of the molecule is O=C(NC(Cc1c[nH]c2ccccc12)C(=O)Nc1cccc(-c2nnc3n2CCCCC3)c1)OCc1ccccc1. The molecule has 2 aromatic heterocycles. The first-order chi connectivity index (χ1) is 20.1. The molecule has 41 heavy (non-hydrogen) atoms. The molecule has 9 nitrogen and oxygen atoms in total. The van der Waals surface area contributed by atoms with E-state index in [-0.39, 0.29) is 18.9 Å². The minimum Gasteiger partial charge on any atom is -0.445 e. The van der Waals surface area contributed by atoms with Gasteiger partial charge in [-0.3, -0.25) is 4.79 Å². The number of aryl methyl sites for hydroxylation is 1. The van der Waals surface area contributed by atoms with Crippen molar-refractivity contribution in [3.8, 4) is 11.4 Å². The van der Waals surface area contributed by atoms with Gasteiger partial charge in [-0.05, 0) is 42.2 Å². The van der Waals surface area contributed by atoms with E-state index in [9.17, 15) is 9.59 Å². The Labute approximate surface area is 238 Å². The number of amides is 2. The summed E-state index contributed by atoms with van der Waals surface area (Å²) in [7, 11) is 0. The van der Waals surface area contributed by atoms with E-state index in [4.69, 9.17) is 4.74 Å². The minimum absolute atomic E-state index is 0.110. The number of fused-ring (bicyclic) bond motifs is 2. The Morgan fingerprint density at radius 3 is 2.71 bits per heavy atom. The molecule has 0 radical (unpaired) electrons. The lowest BCUT2D eigenvalue weighted by atomic mass is 10.0. The molecule has 2 amide bonds. The van der Waals surface area contributed by atoms with Gasteiger partial charge in [-0.1, -0.05) is 67.1 Å². The molecule has 0 saturated carbocycles. The number of anilines is 1. The van der Waals surface area contributed by atoms with Crippen molar-refractivity contribution in [1.82, 2.24) is 25.1 Å². The van der Waals surface area contributed by atoms with Crippen LogP contribution >= 0.6 is 0 Å². The quantitative estimate of drug-likeness (QED) is 0.233. The molecule has 0 spiro atoms. The smallest absolute Gasteiger partial charge is 0.408 e. The lowest BCUT2D eigenvalue weighted by molar-refractivity contribution is -0.118. The number of para-hydroxylation sites is 1. The Morgan fingerprint density at radius 2 is 1.80 bits per heavy atom. The Bertz CT molecular complexity index is 1660. The molecule has 1 unspecified atom stereocenters. The Balaban J connectivity index is 1.21. The third kappa shape index (κ3) is 6.14. The molecule has 1 aliphatic rings. The highest BCUT2D eigenvalue weighted by Crippen LogP contribution is 2.25. The first kappa shape index (κ1) is 26.3. The molecule has 5 aromatic rings. The Kier molecular flexibility index (Phi) is 7.75. The van der Waals surface area contributed by atoms with Crippen LogP contribution in [0.5, 0.6) is 0 Å². The summed E-state index contributed by atoms with van der Waals surface area (Å²) in [6.45, 7) is 0.995. The highest BCUT2D eigenvalue weighted by molar-refractivity contribution is 5.97. The lowest BCUT2D eigenvalue weighted by Gasteiger charge is -2.19. The number of aromatic nitrogens is 4. The fraction of sp³-hybridized carbons (Fsp3) is 0.250. The summed E-state index contributed by atoms with van der Waals surface area (Å²) in [5.74, 6) is 1.46. The molecule has 1 aliphatic heterocycles. The maximum Gasteiger partial charge on any atom is 0.408 e. The second kappa shape index (κ2) is 12.1. The van der Waals surface area contributed by atoms with Crippen LogP contribution in [0.3, 0.4) is 0 Å². The van der Waals surface area contributed by atoms with Gasteiger partial charge in [0.15, 0.2) is 5.82 Å². The topological polar surface area (TPSA) is 114 Å². The van der Waals surface area contributed by atoms with Crippen molar-refractivity contribution < 1.29 is 14.3 Å². The van der Waals surface area contributed by atoms with Crippen molar-refractivity contribution in [2.24, 2.45) is 0 Å². The van der Waals surface area contributed by atoms with Gasteiger partial charge in [0.25, 0.3) is 0 Å². The van der Waals surface area contributed by atoms with Crippen molar-refractivity contribution in [2.45, 2.75) is 51.3 Å². The molecule has 208 valence electrons. The van der Waals surface area contributed by atoms with Crippen molar-refractivity contribution in [3.05, 3.63) is 102 Å². The van der Waals surface area contributed by atoms with E-state index in [1.165, 1.54) is 6.42 Å². The van der Waals surface area contributed by atoms with Gasteiger partial charge in [0.2, 0.25) is 5.91 Å². The normalized spacial score (nSPS) is 13.7. The fourth-order valence-electron chi connectivity index (χ4n) is 5.30. The summed E-state index contributed by atoms with van der Waals surface area (Å²) in [4.78, 5) is 29.7. The molecule has 0 fully saturated rings. The number of alkyl carbamates (subject to hydrolysis) is 1. The summed E-state index contributed by atoms with van der Waals surface area (Å²) in [6.07, 6.45) is 5.81. The summed E-state index contributed by atoms with van der Waals surface area (Å²) in [6, 6.07) is 24.0. The molecule has 0 saturated heterocycles. The van der Waals surface area contributed by atoms with E-state index < -0.39 is 12.1 Å². The Morgan fingerprint density at radius 1 is 0.951 bits per heavy atom. The first-order valence-corrected chi connectivity index (χ1v) is 14.0. The van der Waals surface area contributed by atoms with E-state index in [0.29, 0.717) is 5.69 Å². The number of hydrogen-bond acceptors (Lipinski definition) is 5. The summed E-state index contributed by atoms with van der Waals surface area (Å²) < 4.78 is 7.62. The van der Waals surface area contributed by atoms with E-state index >= 15 is 0 Å². The van der Waals surface area contributed by atoms with Gasteiger partial charge in [-0.15, -0.1) is 10.2 Å². The number of nitrogens with one attached hydrogen (secondary N) is 3. The maximum atomic E-state index is 13.6. The number of carbonyl (C=O) groups excluding carboxylic acids is 2. The van der Waals surface area contributed by atoms with E-state index in [0.717, 1.165) is 65.0 Å². The number of rotatable bonds is 8. The van der Waals surface area contributed by atoms with Gasteiger partial charge >= 0.3 is 6.09 Å². The average Bonchev–Trinajstić information content (AvgIpc) is 3.52. The second-order valence-corrected chi connectivity index (χ2v) is 10.3. The molecule has 9 heteroatoms. The van der Waals surface area contributed by atoms with Gasteiger partial charge in [0.05, 0.1) is 0 Å². The molecule has 3 heterocycles. The van der Waals surface area contributed by atoms with Crippen LogP contribution in [0.2, 0.25) is 0 Å². The fourth-order valence-corrected chi connectivity index (χ4v) is 5.30. The number of ether oxygens (including phenoxy) is 1. The molecule has 0 bridgehead atoms. The van der Waals surface area contributed by atoms with Gasteiger partial charge in [-0.2, -0.15) is 0 Å². The van der Waals surface area contributed by atoms with Crippen LogP contribution in [0.4, 0.5) is 10.5 Å². The first-order valence-electron chi connectivity index (χ1n) is 14.0. The zero-order chi connectivity index (χ0) is 28.0. The molecule has 0 aliphatic carbocycles. The van der Waals surface area contributed by atoms with Crippen LogP contribution in [-0.2, 0) is 35.5 Å². The zero-order valence-corrected chi connectivity index (χ0v) is 22.7. The monoisotopic (exact) mass is 548 g/mol. The molecule has 1 atom stereocenters. The van der Waals surface area contributed by atoms with Gasteiger partial charge in [0.1, 0.15) is 18.5 Å².